The van der Waals surface area contributed by atoms with Gasteiger partial charge in [-0.1, -0.05) is 11.6 Å². The molecule has 1 N–H and O–H groups in total. The van der Waals surface area contributed by atoms with E-state index >= 15 is 0 Å². The highest BCUT2D eigenvalue weighted by molar-refractivity contribution is 6.30. The van der Waals surface area contributed by atoms with Crippen LogP contribution in [0, 0.1) is 5.92 Å². The first-order valence-corrected chi connectivity index (χ1v) is 9.64. The summed E-state index contributed by atoms with van der Waals surface area (Å²) in [6.45, 7) is 6.02. The van der Waals surface area contributed by atoms with Gasteiger partial charge in [-0.3, -0.25) is 14.5 Å². The van der Waals surface area contributed by atoms with Crippen LogP contribution in [0.15, 0.2) is 24.3 Å². The number of ether oxygens (including phenoxy) is 1. The summed E-state index contributed by atoms with van der Waals surface area (Å²) in [6, 6.07) is 6.90. The summed E-state index contributed by atoms with van der Waals surface area (Å²) in [5, 5.41) is 3.64. The smallest absolute Gasteiger partial charge is 0.253 e. The van der Waals surface area contributed by atoms with Crippen molar-refractivity contribution in [2.45, 2.75) is 12.8 Å². The number of morpholine rings is 1. The largest absolute Gasteiger partial charge is 0.379 e. The van der Waals surface area contributed by atoms with Gasteiger partial charge in [0.15, 0.2) is 0 Å². The highest BCUT2D eigenvalue weighted by Gasteiger charge is 2.28. The third-order valence-corrected chi connectivity index (χ3v) is 5.25. The van der Waals surface area contributed by atoms with Crippen molar-refractivity contribution in [1.29, 1.82) is 0 Å². The van der Waals surface area contributed by atoms with Crippen molar-refractivity contribution >= 4 is 23.4 Å². The van der Waals surface area contributed by atoms with Gasteiger partial charge in [0.2, 0.25) is 5.91 Å². The number of halogens is 1. The van der Waals surface area contributed by atoms with Gasteiger partial charge in [-0.05, 0) is 37.1 Å². The minimum absolute atomic E-state index is 0.0347. The van der Waals surface area contributed by atoms with Gasteiger partial charge in [0.1, 0.15) is 0 Å². The molecule has 7 heteroatoms. The minimum Gasteiger partial charge on any atom is -0.379 e. The van der Waals surface area contributed by atoms with Crippen molar-refractivity contribution in [3.8, 4) is 0 Å². The van der Waals surface area contributed by atoms with Crippen molar-refractivity contribution in [1.82, 2.24) is 15.1 Å². The zero-order chi connectivity index (χ0) is 18.4. The Morgan fingerprint density at radius 1 is 1.15 bits per heavy atom. The molecule has 1 atom stereocenters. The van der Waals surface area contributed by atoms with E-state index in [-0.39, 0.29) is 17.7 Å². The normalized spacial score (nSPS) is 21.4. The van der Waals surface area contributed by atoms with Crippen molar-refractivity contribution in [3.05, 3.63) is 34.9 Å². The summed E-state index contributed by atoms with van der Waals surface area (Å²) >= 11 is 5.88. The Balaban J connectivity index is 1.46. The highest BCUT2D eigenvalue weighted by atomic mass is 35.5. The molecule has 1 aromatic rings. The van der Waals surface area contributed by atoms with Gasteiger partial charge in [-0.2, -0.15) is 0 Å². The highest BCUT2D eigenvalue weighted by Crippen LogP contribution is 2.19. The van der Waals surface area contributed by atoms with E-state index in [1.54, 1.807) is 29.2 Å². The van der Waals surface area contributed by atoms with Gasteiger partial charge in [0.25, 0.3) is 5.91 Å². The molecule has 2 saturated heterocycles. The lowest BCUT2D eigenvalue weighted by atomic mass is 9.96. The first-order valence-electron chi connectivity index (χ1n) is 9.26. The van der Waals surface area contributed by atoms with E-state index in [0.29, 0.717) is 30.2 Å². The Morgan fingerprint density at radius 3 is 2.62 bits per heavy atom. The number of carbonyl (C=O) groups is 2. The Morgan fingerprint density at radius 2 is 1.88 bits per heavy atom. The molecule has 2 aliphatic heterocycles. The number of benzene rings is 1. The van der Waals surface area contributed by atoms with E-state index < -0.39 is 0 Å². The fraction of sp³-hybridized carbons (Fsp3) is 0.579. The Kier molecular flexibility index (Phi) is 6.88. The van der Waals surface area contributed by atoms with Crippen LogP contribution in [-0.4, -0.2) is 74.1 Å². The van der Waals surface area contributed by atoms with E-state index in [1.807, 2.05) is 0 Å². The number of carbonyl (C=O) groups excluding carboxylic acids is 2. The maximum absolute atomic E-state index is 12.6. The maximum Gasteiger partial charge on any atom is 0.253 e. The molecular formula is C19H26ClN3O3. The van der Waals surface area contributed by atoms with Crippen LogP contribution < -0.4 is 5.32 Å². The third-order valence-electron chi connectivity index (χ3n) is 5.00. The topological polar surface area (TPSA) is 61.9 Å². The average molecular weight is 380 g/mol. The van der Waals surface area contributed by atoms with E-state index in [4.69, 9.17) is 16.3 Å². The maximum atomic E-state index is 12.6. The van der Waals surface area contributed by atoms with Crippen LogP contribution in [0.1, 0.15) is 23.2 Å². The molecule has 0 aromatic heterocycles. The Hall–Kier alpha value is -1.63. The third kappa shape index (κ3) is 5.19. The second-order valence-corrected chi connectivity index (χ2v) is 7.28. The van der Waals surface area contributed by atoms with Crippen LogP contribution in [0.2, 0.25) is 5.02 Å². The predicted octanol–water partition coefficient (Wildman–Crippen LogP) is 1.64. The SMILES string of the molecule is O=C(NCCN1CCOCC1)C1CCCN(C(=O)c2ccc(Cl)cc2)C1. The molecule has 3 rings (SSSR count). The summed E-state index contributed by atoms with van der Waals surface area (Å²) in [7, 11) is 0. The summed E-state index contributed by atoms with van der Waals surface area (Å²) < 4.78 is 5.33. The molecule has 0 spiro atoms. The fourth-order valence-corrected chi connectivity index (χ4v) is 3.58. The monoisotopic (exact) mass is 379 g/mol. The van der Waals surface area contributed by atoms with Crippen LogP contribution in [-0.2, 0) is 9.53 Å². The summed E-state index contributed by atoms with van der Waals surface area (Å²) in [5.74, 6) is -0.121. The van der Waals surface area contributed by atoms with E-state index in [2.05, 4.69) is 10.2 Å². The van der Waals surface area contributed by atoms with Crippen LogP contribution in [0.25, 0.3) is 0 Å². The zero-order valence-electron chi connectivity index (χ0n) is 15.0. The molecule has 0 bridgehead atoms. The van der Waals surface area contributed by atoms with E-state index in [1.165, 1.54) is 0 Å². The van der Waals surface area contributed by atoms with Gasteiger partial charge in [0, 0.05) is 49.9 Å². The molecule has 6 nitrogen and oxygen atoms in total. The average Bonchev–Trinajstić information content (AvgIpc) is 2.69. The van der Waals surface area contributed by atoms with E-state index in [9.17, 15) is 9.59 Å². The minimum atomic E-state index is -0.135. The molecule has 2 fully saturated rings. The zero-order valence-corrected chi connectivity index (χ0v) is 15.7. The second-order valence-electron chi connectivity index (χ2n) is 6.84. The number of likely N-dealkylation sites (tertiary alicyclic amines) is 1. The Labute approximate surface area is 159 Å². The number of nitrogens with zero attached hydrogens (tertiary/aromatic N) is 2. The molecule has 2 heterocycles. The quantitative estimate of drug-likeness (QED) is 0.844. The lowest BCUT2D eigenvalue weighted by molar-refractivity contribution is -0.126. The molecule has 0 saturated carbocycles. The number of nitrogens with one attached hydrogen (secondary N) is 1. The number of piperidine rings is 1. The molecule has 26 heavy (non-hydrogen) atoms. The summed E-state index contributed by atoms with van der Waals surface area (Å²) in [5.41, 5.74) is 0.614. The van der Waals surface area contributed by atoms with Gasteiger partial charge >= 0.3 is 0 Å². The molecule has 0 aliphatic carbocycles. The lowest BCUT2D eigenvalue weighted by Gasteiger charge is -2.32. The van der Waals surface area contributed by atoms with Crippen molar-refractivity contribution in [2.24, 2.45) is 5.92 Å². The summed E-state index contributed by atoms with van der Waals surface area (Å²) in [6.07, 6.45) is 1.68. The molecule has 2 aliphatic rings. The number of rotatable bonds is 5. The molecule has 2 amide bonds. The molecule has 142 valence electrons. The van der Waals surface area contributed by atoms with Crippen molar-refractivity contribution in [2.75, 3.05) is 52.5 Å². The van der Waals surface area contributed by atoms with Crippen molar-refractivity contribution < 1.29 is 14.3 Å². The fourth-order valence-electron chi connectivity index (χ4n) is 3.46. The molecule has 1 unspecified atom stereocenters. The van der Waals surface area contributed by atoms with Crippen LogP contribution in [0.3, 0.4) is 0 Å². The predicted molar refractivity (Wildman–Crippen MR) is 100 cm³/mol. The first kappa shape index (κ1) is 19.1. The van der Waals surface area contributed by atoms with Gasteiger partial charge in [-0.25, -0.2) is 0 Å². The lowest BCUT2D eigenvalue weighted by Crippen LogP contribution is -2.47. The Bertz CT molecular complexity index is 617. The summed E-state index contributed by atoms with van der Waals surface area (Å²) in [4.78, 5) is 29.2. The van der Waals surface area contributed by atoms with Gasteiger partial charge in [0.05, 0.1) is 19.1 Å². The van der Waals surface area contributed by atoms with E-state index in [0.717, 1.165) is 45.7 Å². The second kappa shape index (κ2) is 9.35. The molecule has 0 radical (unpaired) electrons. The number of hydrogen-bond acceptors (Lipinski definition) is 4. The van der Waals surface area contributed by atoms with Crippen LogP contribution >= 0.6 is 11.6 Å². The van der Waals surface area contributed by atoms with Crippen LogP contribution in [0.5, 0.6) is 0 Å². The standard InChI is InChI=1S/C19H26ClN3O3/c20-17-5-3-15(4-6-17)19(25)23-8-1-2-16(14-23)18(24)21-7-9-22-10-12-26-13-11-22/h3-6,16H,1-2,7-14H2,(H,21,24). The molecular weight excluding hydrogens is 354 g/mol. The van der Waals surface area contributed by atoms with Crippen LogP contribution in [0.4, 0.5) is 0 Å². The number of hydrogen-bond donors (Lipinski definition) is 1. The van der Waals surface area contributed by atoms with Gasteiger partial charge in [-0.15, -0.1) is 0 Å². The first-order chi connectivity index (χ1) is 12.6. The number of amides is 2. The van der Waals surface area contributed by atoms with Gasteiger partial charge < -0.3 is 15.0 Å². The van der Waals surface area contributed by atoms with Crippen molar-refractivity contribution in [3.63, 3.8) is 0 Å². The molecule has 1 aromatic carbocycles.